The molecule has 0 fully saturated rings. The van der Waals surface area contributed by atoms with Crippen LogP contribution in [0.15, 0.2) is 54.0 Å². The number of nitrogens with two attached hydrogens (primary N) is 1. The van der Waals surface area contributed by atoms with Gasteiger partial charge < -0.3 is 14.9 Å². The van der Waals surface area contributed by atoms with Gasteiger partial charge in [0.25, 0.3) is 5.69 Å². The molecule has 0 saturated carbocycles. The van der Waals surface area contributed by atoms with Crippen molar-refractivity contribution in [2.75, 3.05) is 12.3 Å². The first kappa shape index (κ1) is 18.6. The lowest BCUT2D eigenvalue weighted by atomic mass is 10.1. The van der Waals surface area contributed by atoms with E-state index >= 15 is 0 Å². The molecule has 0 spiro atoms. The maximum Gasteiger partial charge on any atom is 0.357 e. The lowest BCUT2D eigenvalue weighted by Gasteiger charge is -2.03. The minimum Gasteiger partial charge on any atom is -0.461 e. The summed E-state index contributed by atoms with van der Waals surface area (Å²) in [6.07, 6.45) is 1.76. The van der Waals surface area contributed by atoms with Gasteiger partial charge in [-0.3, -0.25) is 10.1 Å². The molecule has 1 aromatic carbocycles. The quantitative estimate of drug-likeness (QED) is 0.298. The summed E-state index contributed by atoms with van der Waals surface area (Å²) in [6.45, 7) is 1.98. The van der Waals surface area contributed by atoms with Crippen molar-refractivity contribution in [2.45, 2.75) is 6.92 Å². The third-order valence-electron chi connectivity index (χ3n) is 4.44. The number of aromatic nitrogens is 2. The number of carbonyl (C=O) groups excluding carboxylic acids is 1. The number of hydrogen-bond acceptors (Lipinski definition) is 7. The summed E-state index contributed by atoms with van der Waals surface area (Å²) in [6, 6.07) is 11.7. The zero-order chi connectivity index (χ0) is 20.5. The normalized spacial score (nSPS) is 10.9. The third kappa shape index (κ3) is 3.21. The molecule has 0 aliphatic rings. The Balaban J connectivity index is 1.81. The van der Waals surface area contributed by atoms with Gasteiger partial charge in [0, 0.05) is 29.3 Å². The number of nitro benzene ring substituents is 1. The predicted octanol–water partition coefficient (Wildman–Crippen LogP) is 4.40. The lowest BCUT2D eigenvalue weighted by molar-refractivity contribution is -0.384. The molecular weight excluding hydrogens is 392 g/mol. The molecule has 0 aliphatic heterocycles. The molecule has 0 amide bonds. The van der Waals surface area contributed by atoms with Gasteiger partial charge in [-0.05, 0) is 31.2 Å². The fourth-order valence-electron chi connectivity index (χ4n) is 3.14. The summed E-state index contributed by atoms with van der Waals surface area (Å²) >= 11 is 1.38. The molecule has 0 bridgehead atoms. The summed E-state index contributed by atoms with van der Waals surface area (Å²) in [7, 11) is 0. The summed E-state index contributed by atoms with van der Waals surface area (Å²) in [4.78, 5) is 27.5. The number of thiazole rings is 1. The Labute approximate surface area is 169 Å². The molecule has 4 rings (SSSR count). The van der Waals surface area contributed by atoms with Crippen LogP contribution in [0.5, 0.6) is 0 Å². The first-order valence-electron chi connectivity index (χ1n) is 8.77. The van der Waals surface area contributed by atoms with Crippen molar-refractivity contribution in [1.82, 2.24) is 9.38 Å². The molecule has 9 heteroatoms. The second-order valence-corrected chi connectivity index (χ2v) is 7.01. The number of fused-ring (bicyclic) bond motifs is 1. The molecule has 29 heavy (non-hydrogen) atoms. The smallest absolute Gasteiger partial charge is 0.357 e. The van der Waals surface area contributed by atoms with E-state index in [2.05, 4.69) is 4.98 Å². The molecule has 0 unspecified atom stereocenters. The number of nitrogens with zero attached hydrogens (tertiary/aromatic N) is 3. The van der Waals surface area contributed by atoms with Crippen molar-refractivity contribution in [1.29, 1.82) is 0 Å². The Morgan fingerprint density at radius 3 is 2.72 bits per heavy atom. The van der Waals surface area contributed by atoms with E-state index in [0.29, 0.717) is 22.0 Å². The molecule has 3 aromatic heterocycles. The number of benzene rings is 1. The largest absolute Gasteiger partial charge is 0.461 e. The number of anilines is 1. The van der Waals surface area contributed by atoms with E-state index in [0.717, 1.165) is 11.1 Å². The van der Waals surface area contributed by atoms with E-state index in [4.69, 9.17) is 10.5 Å². The first-order valence-corrected chi connectivity index (χ1v) is 9.65. The molecular formula is C20H16N4O4S. The molecule has 2 N–H and O–H groups in total. The van der Waals surface area contributed by atoms with Crippen LogP contribution in [0.2, 0.25) is 0 Å². The van der Waals surface area contributed by atoms with Crippen molar-refractivity contribution in [3.63, 3.8) is 0 Å². The number of carbonyl (C=O) groups is 1. The molecule has 0 radical (unpaired) electrons. The van der Waals surface area contributed by atoms with Gasteiger partial charge in [0.2, 0.25) is 0 Å². The van der Waals surface area contributed by atoms with Crippen LogP contribution in [-0.4, -0.2) is 26.9 Å². The summed E-state index contributed by atoms with van der Waals surface area (Å²) in [5, 5.41) is 13.3. The molecule has 146 valence electrons. The number of esters is 1. The van der Waals surface area contributed by atoms with Crippen LogP contribution in [-0.2, 0) is 4.74 Å². The van der Waals surface area contributed by atoms with Gasteiger partial charge in [0.05, 0.1) is 34.0 Å². The fourth-order valence-corrected chi connectivity index (χ4v) is 4.03. The zero-order valence-electron chi connectivity index (χ0n) is 15.4. The third-order valence-corrected chi connectivity index (χ3v) is 5.30. The molecule has 0 saturated heterocycles. The summed E-state index contributed by atoms with van der Waals surface area (Å²) in [5.74, 6) is -0.496. The van der Waals surface area contributed by atoms with Gasteiger partial charge in [0.1, 0.15) is 5.01 Å². The van der Waals surface area contributed by atoms with Crippen molar-refractivity contribution < 1.29 is 14.5 Å². The zero-order valence-corrected chi connectivity index (χ0v) is 16.2. The highest BCUT2D eigenvalue weighted by Gasteiger charge is 2.25. The Kier molecular flexibility index (Phi) is 4.73. The van der Waals surface area contributed by atoms with E-state index < -0.39 is 10.9 Å². The Morgan fingerprint density at radius 2 is 2.03 bits per heavy atom. The van der Waals surface area contributed by atoms with Gasteiger partial charge >= 0.3 is 5.97 Å². The molecule has 8 nitrogen and oxygen atoms in total. The second-order valence-electron chi connectivity index (χ2n) is 6.16. The average molecular weight is 408 g/mol. The number of nitro groups is 1. The maximum absolute atomic E-state index is 12.4. The molecule has 4 aromatic rings. The fraction of sp³-hybridized carbons (Fsp3) is 0.100. The molecule has 0 atom stereocenters. The van der Waals surface area contributed by atoms with Crippen molar-refractivity contribution in [2.24, 2.45) is 0 Å². The summed E-state index contributed by atoms with van der Waals surface area (Å²) in [5.41, 5.74) is 9.78. The standard InChI is InChI=1S/C20H16N4O4S/c1-2-28-20(25)18-17(21)16(15-5-3-4-10-23(15)18)19-22-14(11-29-19)12-6-8-13(9-7-12)24(26)27/h3-11H,2,21H2,1H3. The minimum atomic E-state index is -0.496. The lowest BCUT2D eigenvalue weighted by Crippen LogP contribution is -2.10. The molecule has 3 heterocycles. The van der Waals surface area contributed by atoms with Crippen molar-refractivity contribution in [3.8, 4) is 21.8 Å². The van der Waals surface area contributed by atoms with Gasteiger partial charge in [0.15, 0.2) is 5.69 Å². The summed E-state index contributed by atoms with van der Waals surface area (Å²) < 4.78 is 6.86. The predicted molar refractivity (Wildman–Crippen MR) is 111 cm³/mol. The number of pyridine rings is 1. The average Bonchev–Trinajstić information content (AvgIpc) is 3.30. The highest BCUT2D eigenvalue weighted by atomic mass is 32.1. The first-order chi connectivity index (χ1) is 14.0. The van der Waals surface area contributed by atoms with Crippen LogP contribution in [0.25, 0.3) is 27.3 Å². The number of rotatable bonds is 5. The SMILES string of the molecule is CCOC(=O)c1c(N)c(-c2nc(-c3ccc([N+](=O)[O-])cc3)cs2)c2ccccn12. The minimum absolute atomic E-state index is 0.0194. The van der Waals surface area contributed by atoms with Crippen LogP contribution >= 0.6 is 11.3 Å². The van der Waals surface area contributed by atoms with Crippen LogP contribution in [0.1, 0.15) is 17.4 Å². The van der Waals surface area contributed by atoms with Crippen molar-refractivity contribution in [3.05, 3.63) is 69.8 Å². The monoisotopic (exact) mass is 408 g/mol. The number of nitrogen functional groups attached to an aromatic ring is 1. The van der Waals surface area contributed by atoms with Crippen LogP contribution in [0.3, 0.4) is 0 Å². The molecule has 0 aliphatic carbocycles. The highest BCUT2D eigenvalue weighted by molar-refractivity contribution is 7.13. The number of ether oxygens (including phenoxy) is 1. The van der Waals surface area contributed by atoms with Crippen molar-refractivity contribution >= 4 is 34.2 Å². The van der Waals surface area contributed by atoms with E-state index in [-0.39, 0.29) is 18.0 Å². The van der Waals surface area contributed by atoms with Crippen LogP contribution in [0.4, 0.5) is 11.4 Å². The second kappa shape index (κ2) is 7.36. The van der Waals surface area contributed by atoms with E-state index in [1.54, 1.807) is 29.7 Å². The Morgan fingerprint density at radius 1 is 1.28 bits per heavy atom. The van der Waals surface area contributed by atoms with Gasteiger partial charge in [-0.1, -0.05) is 6.07 Å². The van der Waals surface area contributed by atoms with E-state index in [1.807, 2.05) is 23.6 Å². The number of hydrogen-bond donors (Lipinski definition) is 1. The van der Waals surface area contributed by atoms with E-state index in [9.17, 15) is 14.9 Å². The van der Waals surface area contributed by atoms with Gasteiger partial charge in [-0.2, -0.15) is 0 Å². The highest BCUT2D eigenvalue weighted by Crippen LogP contribution is 2.39. The van der Waals surface area contributed by atoms with E-state index in [1.165, 1.54) is 23.5 Å². The maximum atomic E-state index is 12.4. The Bertz CT molecular complexity index is 1230. The van der Waals surface area contributed by atoms with Gasteiger partial charge in [-0.15, -0.1) is 11.3 Å². The van der Waals surface area contributed by atoms with Crippen LogP contribution in [0, 0.1) is 10.1 Å². The topological polar surface area (TPSA) is 113 Å². The number of non-ortho nitro benzene ring substituents is 1. The van der Waals surface area contributed by atoms with Crippen LogP contribution < -0.4 is 5.73 Å². The van der Waals surface area contributed by atoms with Gasteiger partial charge in [-0.25, -0.2) is 9.78 Å². The Hall–Kier alpha value is -3.72.